The summed E-state index contributed by atoms with van der Waals surface area (Å²) >= 11 is 0. The Labute approximate surface area is 201 Å². The molecule has 1 N–H and O–H groups in total. The summed E-state index contributed by atoms with van der Waals surface area (Å²) in [6.07, 6.45) is 3.66. The second-order valence-electron chi connectivity index (χ2n) is 8.07. The molecular weight excluding hydrogens is 442 g/mol. The third-order valence-corrected chi connectivity index (χ3v) is 5.62. The van der Waals surface area contributed by atoms with Crippen LogP contribution in [0.1, 0.15) is 28.8 Å². The molecule has 0 aliphatic carbocycles. The number of hydrogen-bond acceptors (Lipinski definition) is 7. The Kier molecular flexibility index (Phi) is 6.09. The van der Waals surface area contributed by atoms with E-state index in [1.807, 2.05) is 78.9 Å². The van der Waals surface area contributed by atoms with Crippen molar-refractivity contribution in [3.63, 3.8) is 0 Å². The zero-order valence-corrected chi connectivity index (χ0v) is 18.7. The van der Waals surface area contributed by atoms with E-state index in [-0.39, 0.29) is 6.42 Å². The molecule has 0 radical (unpaired) electrons. The third kappa shape index (κ3) is 5.11. The van der Waals surface area contributed by atoms with E-state index < -0.39 is 11.6 Å². The molecule has 0 atom stereocenters. The molecule has 8 nitrogen and oxygen atoms in total. The molecule has 3 aromatic carbocycles. The summed E-state index contributed by atoms with van der Waals surface area (Å²) in [4.78, 5) is 15.9. The van der Waals surface area contributed by atoms with Crippen LogP contribution in [-0.2, 0) is 17.1 Å². The fourth-order valence-corrected chi connectivity index (χ4v) is 3.78. The van der Waals surface area contributed by atoms with Crippen LogP contribution in [0.5, 0.6) is 5.75 Å². The fraction of sp³-hybridized carbons (Fsp3) is 0.111. The van der Waals surface area contributed by atoms with Crippen LogP contribution < -0.4 is 4.74 Å². The van der Waals surface area contributed by atoms with Crippen LogP contribution in [0.2, 0.25) is 0 Å². The van der Waals surface area contributed by atoms with Gasteiger partial charge in [-0.2, -0.15) is 0 Å². The van der Waals surface area contributed by atoms with E-state index in [9.17, 15) is 9.90 Å². The predicted octanol–water partition coefficient (Wildman–Crippen LogP) is 6.44. The van der Waals surface area contributed by atoms with E-state index in [4.69, 9.17) is 4.74 Å². The van der Waals surface area contributed by atoms with Crippen molar-refractivity contribution in [1.82, 2.24) is 4.98 Å². The number of hydrogen-bond donors (Lipinski definition) is 1. The number of ether oxygens (including phenoxy) is 1. The second kappa shape index (κ2) is 9.64. The minimum atomic E-state index is -1.29. The van der Waals surface area contributed by atoms with Crippen LogP contribution in [0.25, 0.3) is 23.1 Å². The highest BCUT2D eigenvalue weighted by Gasteiger charge is 2.38. The molecule has 2 heterocycles. The minimum Gasteiger partial charge on any atom is -0.487 e. The summed E-state index contributed by atoms with van der Waals surface area (Å²) < 4.78 is 5.90. The van der Waals surface area contributed by atoms with Crippen LogP contribution in [-0.4, -0.2) is 16.1 Å². The maximum atomic E-state index is 11.2. The smallest absolute Gasteiger partial charge is 0.308 e. The van der Waals surface area contributed by atoms with Crippen molar-refractivity contribution >= 4 is 29.0 Å². The van der Waals surface area contributed by atoms with Crippen molar-refractivity contribution in [2.45, 2.75) is 18.7 Å². The van der Waals surface area contributed by atoms with Gasteiger partial charge in [0.25, 0.3) is 0 Å². The average molecular weight is 463 g/mol. The second-order valence-corrected chi connectivity index (χ2v) is 8.07. The Bertz CT molecular complexity index is 1430. The maximum Gasteiger partial charge on any atom is 0.308 e. The van der Waals surface area contributed by atoms with E-state index in [1.54, 1.807) is 12.1 Å². The molecule has 0 saturated carbocycles. The van der Waals surface area contributed by atoms with Crippen molar-refractivity contribution in [2.75, 3.05) is 0 Å². The first-order chi connectivity index (χ1) is 17.1. The molecule has 8 heteroatoms. The van der Waals surface area contributed by atoms with Crippen molar-refractivity contribution in [1.29, 1.82) is 0 Å². The van der Waals surface area contributed by atoms with Crippen molar-refractivity contribution in [2.24, 2.45) is 20.7 Å². The lowest BCUT2D eigenvalue weighted by Gasteiger charge is -2.17. The zero-order chi connectivity index (χ0) is 24.1. The summed E-state index contributed by atoms with van der Waals surface area (Å²) in [6, 6.07) is 27.2. The molecule has 4 aromatic rings. The van der Waals surface area contributed by atoms with Crippen molar-refractivity contribution < 1.29 is 14.6 Å². The van der Waals surface area contributed by atoms with Gasteiger partial charge in [0.1, 0.15) is 12.4 Å². The molecule has 1 aliphatic heterocycles. The summed E-state index contributed by atoms with van der Waals surface area (Å²) in [6.45, 7) is 0.398. The molecule has 1 aromatic heterocycles. The molecule has 0 fully saturated rings. The summed E-state index contributed by atoms with van der Waals surface area (Å²) in [7, 11) is 0. The minimum absolute atomic E-state index is 0.305. The van der Waals surface area contributed by atoms with E-state index in [1.165, 1.54) is 0 Å². The van der Waals surface area contributed by atoms with Gasteiger partial charge in [0.05, 0.1) is 17.6 Å². The molecule has 172 valence electrons. The molecule has 35 heavy (non-hydrogen) atoms. The topological polar surface area (TPSA) is 109 Å². The number of fused-ring (bicyclic) bond motifs is 1. The Hall–Kier alpha value is -4.72. The Morgan fingerprint density at radius 2 is 1.49 bits per heavy atom. The quantitative estimate of drug-likeness (QED) is 0.303. The van der Waals surface area contributed by atoms with Gasteiger partial charge in [-0.3, -0.25) is 4.79 Å². The van der Waals surface area contributed by atoms with Crippen LogP contribution in [0, 0.1) is 0 Å². The highest BCUT2D eigenvalue weighted by atomic mass is 16.5. The Morgan fingerprint density at radius 3 is 2.17 bits per heavy atom. The lowest BCUT2D eigenvalue weighted by molar-refractivity contribution is -0.138. The van der Waals surface area contributed by atoms with Gasteiger partial charge >= 0.3 is 5.97 Å². The predicted molar refractivity (Wildman–Crippen MR) is 132 cm³/mol. The number of para-hydroxylation sites is 1. The molecule has 0 amide bonds. The largest absolute Gasteiger partial charge is 0.487 e. The van der Waals surface area contributed by atoms with Gasteiger partial charge in [-0.15, -0.1) is 10.2 Å². The van der Waals surface area contributed by atoms with Gasteiger partial charge in [0.2, 0.25) is 5.66 Å². The van der Waals surface area contributed by atoms with Crippen molar-refractivity contribution in [3.8, 4) is 5.75 Å². The van der Waals surface area contributed by atoms with Crippen molar-refractivity contribution in [3.05, 3.63) is 107 Å². The van der Waals surface area contributed by atoms with Gasteiger partial charge in [0.15, 0.2) is 0 Å². The van der Waals surface area contributed by atoms with Crippen LogP contribution >= 0.6 is 0 Å². The molecular formula is C27H21N5O3. The molecule has 0 spiro atoms. The summed E-state index contributed by atoms with van der Waals surface area (Å²) in [5, 5.41) is 25.2. The highest BCUT2D eigenvalue weighted by molar-refractivity contribution is 5.78. The Morgan fingerprint density at radius 1 is 0.829 bits per heavy atom. The van der Waals surface area contributed by atoms with Crippen LogP contribution in [0.15, 0.2) is 106 Å². The fourth-order valence-electron chi connectivity index (χ4n) is 3.78. The highest BCUT2D eigenvalue weighted by Crippen LogP contribution is 2.35. The monoisotopic (exact) mass is 463 g/mol. The lowest BCUT2D eigenvalue weighted by atomic mass is 9.96. The molecule has 5 rings (SSSR count). The van der Waals surface area contributed by atoms with Gasteiger partial charge in [0, 0.05) is 10.9 Å². The van der Waals surface area contributed by atoms with Crippen LogP contribution in [0.3, 0.4) is 0 Å². The van der Waals surface area contributed by atoms with Crippen LogP contribution in [0.4, 0.5) is 0 Å². The van der Waals surface area contributed by atoms with E-state index in [2.05, 4.69) is 31.7 Å². The van der Waals surface area contributed by atoms with E-state index in [0.29, 0.717) is 12.2 Å². The van der Waals surface area contributed by atoms with Gasteiger partial charge in [-0.1, -0.05) is 72.8 Å². The van der Waals surface area contributed by atoms with E-state index >= 15 is 0 Å². The molecule has 0 bridgehead atoms. The number of aromatic nitrogens is 1. The summed E-state index contributed by atoms with van der Waals surface area (Å²) in [5.41, 5.74) is 3.15. The molecule has 1 aliphatic rings. The summed E-state index contributed by atoms with van der Waals surface area (Å²) in [5.74, 6) is -0.250. The van der Waals surface area contributed by atoms with Gasteiger partial charge in [-0.05, 0) is 45.8 Å². The number of pyridine rings is 1. The molecule has 0 saturated heterocycles. The first kappa shape index (κ1) is 22.1. The number of rotatable bonds is 8. The number of aliphatic carboxylic acids is 1. The van der Waals surface area contributed by atoms with E-state index in [0.717, 1.165) is 33.5 Å². The first-order valence-electron chi connectivity index (χ1n) is 11.0. The molecule has 0 unspecified atom stereocenters. The number of benzene rings is 3. The Balaban J connectivity index is 1.21. The average Bonchev–Trinajstić information content (AvgIpc) is 3.36. The number of carboxylic acid groups (broad SMARTS) is 1. The van der Waals surface area contributed by atoms with Gasteiger partial charge < -0.3 is 9.84 Å². The first-order valence-corrected chi connectivity index (χ1v) is 11.0. The number of carboxylic acids is 1. The standard InChI is InChI=1S/C27H21N5O3/c33-26(34)17-27(29-31-32-30-27)22-12-7-19(8-13-22)5-6-20-9-15-24(16-10-20)35-18-23-14-11-21-3-1-2-4-25(21)28-23/h1-16H,17-18H2,(H,33,34). The maximum absolute atomic E-state index is 11.2. The number of carbonyl (C=O) groups is 1. The normalized spacial score (nSPS) is 14.1. The zero-order valence-electron chi connectivity index (χ0n) is 18.7. The SMILES string of the molecule is O=C(O)CC1(c2ccc(C=Cc3ccc(OCc4ccc5ccccc5n4)cc3)cc2)N=NN=N1. The lowest BCUT2D eigenvalue weighted by Crippen LogP contribution is -2.22. The third-order valence-electron chi connectivity index (χ3n) is 5.62. The van der Waals surface area contributed by atoms with Gasteiger partial charge in [-0.25, -0.2) is 4.98 Å². The number of nitrogens with zero attached hydrogens (tertiary/aromatic N) is 5.